The van der Waals surface area contributed by atoms with E-state index in [-0.39, 0.29) is 17.4 Å². The maximum Gasteiger partial charge on any atom is 0.319 e. The zero-order chi connectivity index (χ0) is 9.23. The van der Waals surface area contributed by atoms with E-state index in [1.807, 2.05) is 0 Å². The minimum absolute atomic E-state index is 0. The third kappa shape index (κ3) is 12.6. The second-order valence-corrected chi connectivity index (χ2v) is 3.31. The number of rotatable bonds is 1. The summed E-state index contributed by atoms with van der Waals surface area (Å²) < 4.78 is 19.9. The smallest absolute Gasteiger partial charge is 0.319 e. The summed E-state index contributed by atoms with van der Waals surface area (Å²) in [5, 5.41) is 0. The maximum atomic E-state index is 10.4. The van der Waals surface area contributed by atoms with Crippen molar-refractivity contribution in [1.29, 1.82) is 0 Å². The molecule has 3 radical (unpaired) electrons. The molecule has 0 saturated carbocycles. The molecule has 0 aliphatic carbocycles. The zero-order valence-corrected chi connectivity index (χ0v) is 9.85. The van der Waals surface area contributed by atoms with Crippen LogP contribution >= 0.6 is 8.25 Å². The maximum absolute atomic E-state index is 10.4. The molecule has 7 heteroatoms. The van der Waals surface area contributed by atoms with Crippen LogP contribution in [0.2, 0.25) is 0 Å². The molecule has 0 spiro atoms. The lowest BCUT2D eigenvalue weighted by Gasteiger charge is -1.94. The fraction of sp³-hybridized carbons (Fsp3) is 1.00. The normalized spacial score (nSPS) is 17.7. The predicted octanol–water partition coefficient (Wildman–Crippen LogP) is -0.274. The molecule has 0 bridgehead atoms. The molecule has 0 unspecified atom stereocenters. The van der Waals surface area contributed by atoms with Crippen LogP contribution in [0.5, 0.6) is 0 Å². The van der Waals surface area contributed by atoms with Gasteiger partial charge < -0.3 is 20.5 Å². The van der Waals surface area contributed by atoms with Gasteiger partial charge in [0.2, 0.25) is 0 Å². The Labute approximate surface area is 90.2 Å². The van der Waals surface area contributed by atoms with Crippen molar-refractivity contribution in [3.05, 3.63) is 0 Å². The Bertz CT molecular complexity index is 116. The Morgan fingerprint density at radius 1 is 1.08 bits per heavy atom. The molecule has 13 heavy (non-hydrogen) atoms. The van der Waals surface area contributed by atoms with Crippen molar-refractivity contribution in [2.45, 2.75) is 12.8 Å². The monoisotopic (exact) mass is 223 g/mol. The molecule has 5 nitrogen and oxygen atoms in total. The van der Waals surface area contributed by atoms with Crippen molar-refractivity contribution in [1.82, 2.24) is 0 Å². The van der Waals surface area contributed by atoms with E-state index in [0.29, 0.717) is 26.3 Å². The fourth-order valence-electron chi connectivity index (χ4n) is 0.557. The first-order chi connectivity index (χ1) is 5.81. The summed E-state index contributed by atoms with van der Waals surface area (Å²) in [5.74, 6) is 0. The molecule has 1 aliphatic rings. The largest absolute Gasteiger partial charge is 0.329 e. The van der Waals surface area contributed by atoms with Crippen molar-refractivity contribution in [2.75, 3.05) is 26.3 Å². The highest BCUT2D eigenvalue weighted by Gasteiger charge is 2.03. The lowest BCUT2D eigenvalue weighted by Crippen LogP contribution is -2.11. The Morgan fingerprint density at radius 3 is 1.77 bits per heavy atom. The van der Waals surface area contributed by atoms with E-state index in [1.54, 1.807) is 0 Å². The van der Waals surface area contributed by atoms with E-state index in [9.17, 15) is 4.57 Å². The number of hydrogen-bond acceptors (Lipinski definition) is 5. The van der Waals surface area contributed by atoms with Crippen LogP contribution in [0.25, 0.3) is 0 Å². The Balaban J connectivity index is 0. The van der Waals surface area contributed by atoms with Crippen LogP contribution in [0.1, 0.15) is 12.8 Å². The first-order valence-electron chi connectivity index (χ1n) is 4.01. The minimum atomic E-state index is -2.08. The van der Waals surface area contributed by atoms with Crippen LogP contribution in [0.3, 0.4) is 0 Å². The van der Waals surface area contributed by atoms with Gasteiger partial charge in [-0.1, -0.05) is 0 Å². The average molecular weight is 223 g/mol. The summed E-state index contributed by atoms with van der Waals surface area (Å²) in [6.07, 6.45) is 1.94. The highest BCUT2D eigenvalue weighted by molar-refractivity contribution is 7.33. The number of hydrogen-bond donors (Lipinski definition) is 2. The van der Waals surface area contributed by atoms with Gasteiger partial charge in [-0.25, -0.2) is 0 Å². The molecule has 1 heterocycles. The van der Waals surface area contributed by atoms with Gasteiger partial charge >= 0.3 is 8.25 Å². The van der Waals surface area contributed by atoms with Gasteiger partial charge in [-0.3, -0.25) is 4.57 Å². The highest BCUT2D eigenvalue weighted by Crippen LogP contribution is 2.26. The van der Waals surface area contributed by atoms with E-state index in [0.717, 1.165) is 12.8 Å². The topological polar surface area (TPSA) is 87.6 Å². The molecule has 0 aromatic carbocycles. The van der Waals surface area contributed by atoms with Crippen LogP contribution < -0.4 is 11.5 Å². The SMILES string of the molecule is NCCN.O=[PH]1OCCCCO1.[Al]. The molecule has 1 saturated heterocycles. The molecule has 1 aliphatic heterocycles. The van der Waals surface area contributed by atoms with Crippen LogP contribution in [0, 0.1) is 0 Å². The van der Waals surface area contributed by atoms with Gasteiger partial charge in [-0.15, -0.1) is 0 Å². The van der Waals surface area contributed by atoms with Gasteiger partial charge in [-0.2, -0.15) is 0 Å². The van der Waals surface area contributed by atoms with Crippen LogP contribution in [0.4, 0.5) is 0 Å². The van der Waals surface area contributed by atoms with Crippen molar-refractivity contribution >= 4 is 25.6 Å². The first-order valence-corrected chi connectivity index (χ1v) is 5.23. The Morgan fingerprint density at radius 2 is 1.46 bits per heavy atom. The second kappa shape index (κ2) is 12.6. The third-order valence-electron chi connectivity index (χ3n) is 1.15. The summed E-state index contributed by atoms with van der Waals surface area (Å²) in [5.41, 5.74) is 9.81. The predicted molar refractivity (Wildman–Crippen MR) is 54.0 cm³/mol. The van der Waals surface area contributed by atoms with E-state index in [4.69, 9.17) is 20.5 Å². The molecule has 1 rings (SSSR count). The summed E-state index contributed by atoms with van der Waals surface area (Å²) in [6.45, 7) is 2.38. The van der Waals surface area contributed by atoms with Crippen LogP contribution in [0.15, 0.2) is 0 Å². The van der Waals surface area contributed by atoms with Gasteiger partial charge in [0.05, 0.1) is 13.2 Å². The molecule has 1 fully saturated rings. The molecular weight excluding hydrogens is 206 g/mol. The van der Waals surface area contributed by atoms with Crippen molar-refractivity contribution in [3.63, 3.8) is 0 Å². The Kier molecular flexibility index (Phi) is 15.6. The Hall–Kier alpha value is 0.602. The van der Waals surface area contributed by atoms with Crippen molar-refractivity contribution in [2.24, 2.45) is 11.5 Å². The molecule has 77 valence electrons. The lowest BCUT2D eigenvalue weighted by molar-refractivity contribution is 0.263. The van der Waals surface area contributed by atoms with Crippen LogP contribution in [-0.4, -0.2) is 43.7 Å². The molecular formula is C6H17AlN2O3P. The molecule has 4 N–H and O–H groups in total. The van der Waals surface area contributed by atoms with Crippen molar-refractivity contribution in [3.8, 4) is 0 Å². The standard InChI is InChI=1S/C4H9O3P.C2H8N2.Al/c5-8-6-3-1-2-4-7-8;3-1-2-4;/h8H,1-4H2;1-4H2;. The van der Waals surface area contributed by atoms with E-state index in [1.165, 1.54) is 0 Å². The van der Waals surface area contributed by atoms with Crippen LogP contribution in [-0.2, 0) is 13.6 Å². The third-order valence-corrected chi connectivity index (χ3v) is 2.02. The summed E-state index contributed by atoms with van der Waals surface area (Å²) in [6, 6.07) is 0. The van der Waals surface area contributed by atoms with Gasteiger partial charge in [0.25, 0.3) is 0 Å². The van der Waals surface area contributed by atoms with Gasteiger partial charge in [0.15, 0.2) is 0 Å². The molecule has 0 aromatic rings. The quantitative estimate of drug-likeness (QED) is 0.471. The van der Waals surface area contributed by atoms with Gasteiger partial charge in [0.1, 0.15) is 0 Å². The summed E-state index contributed by atoms with van der Waals surface area (Å²) >= 11 is 0. The van der Waals surface area contributed by atoms with E-state index < -0.39 is 8.25 Å². The van der Waals surface area contributed by atoms with Gasteiger partial charge in [0, 0.05) is 30.5 Å². The molecule has 0 amide bonds. The number of nitrogens with two attached hydrogens (primary N) is 2. The lowest BCUT2D eigenvalue weighted by atomic mass is 10.3. The summed E-state index contributed by atoms with van der Waals surface area (Å²) in [7, 11) is -2.08. The molecule has 0 atom stereocenters. The minimum Gasteiger partial charge on any atom is -0.329 e. The average Bonchev–Trinajstić information content (AvgIpc) is 2.33. The zero-order valence-electron chi connectivity index (χ0n) is 7.70. The molecule has 0 aromatic heterocycles. The first kappa shape index (κ1) is 16.0. The van der Waals surface area contributed by atoms with E-state index >= 15 is 0 Å². The van der Waals surface area contributed by atoms with Gasteiger partial charge in [-0.05, 0) is 12.8 Å². The fourth-order valence-corrected chi connectivity index (χ4v) is 1.26. The second-order valence-electron chi connectivity index (χ2n) is 2.23. The van der Waals surface area contributed by atoms with Crippen molar-refractivity contribution < 1.29 is 13.6 Å². The summed E-state index contributed by atoms with van der Waals surface area (Å²) in [4.78, 5) is 0. The highest BCUT2D eigenvalue weighted by atomic mass is 31.1. The van der Waals surface area contributed by atoms with E-state index in [2.05, 4.69) is 0 Å².